The fourth-order valence-corrected chi connectivity index (χ4v) is 2.81. The molecule has 1 atom stereocenters. The minimum absolute atomic E-state index is 0.0118. The summed E-state index contributed by atoms with van der Waals surface area (Å²) in [6.45, 7) is 1.54. The number of nitrogens with one attached hydrogen (secondary N) is 2. The fourth-order valence-electron chi connectivity index (χ4n) is 2.81. The van der Waals surface area contributed by atoms with Crippen molar-refractivity contribution in [1.29, 1.82) is 0 Å². The third-order valence-electron chi connectivity index (χ3n) is 4.43. The summed E-state index contributed by atoms with van der Waals surface area (Å²) in [5.41, 5.74) is 1.36. The number of aryl methyl sites for hydroxylation is 1. The average Bonchev–Trinajstić information content (AvgIpc) is 2.79. The molecule has 0 unspecified atom stereocenters. The number of halogens is 1. The van der Waals surface area contributed by atoms with E-state index in [4.69, 9.17) is 9.47 Å². The van der Waals surface area contributed by atoms with E-state index in [2.05, 4.69) is 15.4 Å². The highest BCUT2D eigenvalue weighted by Gasteiger charge is 2.24. The lowest BCUT2D eigenvalue weighted by Gasteiger charge is -2.17. The Balaban J connectivity index is 1.99. The quantitative estimate of drug-likeness (QED) is 0.591. The zero-order valence-electron chi connectivity index (χ0n) is 17.6. The van der Waals surface area contributed by atoms with E-state index in [0.29, 0.717) is 12.0 Å². The number of methoxy groups -OCH3 is 2. The first-order chi connectivity index (χ1) is 14.9. The van der Waals surface area contributed by atoms with E-state index >= 15 is 0 Å². The van der Waals surface area contributed by atoms with Gasteiger partial charge in [-0.05, 0) is 29.7 Å². The zero-order chi connectivity index (χ0) is 22.8. The molecule has 0 aromatic heterocycles. The lowest BCUT2D eigenvalue weighted by molar-refractivity contribution is -0.142. The number of amides is 2. The number of esters is 1. The highest BCUT2D eigenvalue weighted by molar-refractivity contribution is 5.95. The van der Waals surface area contributed by atoms with E-state index in [0.717, 1.165) is 18.7 Å². The fraction of sp³-hybridized carbons (Fsp3) is 0.318. The smallest absolute Gasteiger partial charge is 0.408 e. The summed E-state index contributed by atoms with van der Waals surface area (Å²) in [7, 11) is 2.50. The molecular weight excluding hydrogens is 407 g/mol. The molecule has 31 heavy (non-hydrogen) atoms. The molecule has 2 rings (SSSR count). The Bertz CT molecular complexity index is 920. The first kappa shape index (κ1) is 23.7. The van der Waals surface area contributed by atoms with Gasteiger partial charge in [0.2, 0.25) is 0 Å². The van der Waals surface area contributed by atoms with Gasteiger partial charge in [0.1, 0.15) is 12.6 Å². The Morgan fingerprint density at radius 1 is 1.10 bits per heavy atom. The predicted molar refractivity (Wildman–Crippen MR) is 110 cm³/mol. The van der Waals surface area contributed by atoms with Gasteiger partial charge < -0.3 is 24.8 Å². The first-order valence-corrected chi connectivity index (χ1v) is 9.59. The first-order valence-electron chi connectivity index (χ1n) is 9.59. The molecule has 0 fully saturated rings. The van der Waals surface area contributed by atoms with E-state index in [9.17, 15) is 18.8 Å². The zero-order valence-corrected chi connectivity index (χ0v) is 17.6. The Morgan fingerprint density at radius 3 is 2.42 bits per heavy atom. The molecule has 166 valence electrons. The van der Waals surface area contributed by atoms with Crippen LogP contribution >= 0.6 is 0 Å². The van der Waals surface area contributed by atoms with Gasteiger partial charge in [0, 0.05) is 12.1 Å². The van der Waals surface area contributed by atoms with Crippen molar-refractivity contribution in [3.63, 3.8) is 0 Å². The van der Waals surface area contributed by atoms with Crippen LogP contribution in [0.3, 0.4) is 0 Å². The molecule has 0 saturated heterocycles. The summed E-state index contributed by atoms with van der Waals surface area (Å²) in [6.07, 6.45) is -0.391. The lowest BCUT2D eigenvalue weighted by Crippen LogP contribution is -2.49. The molecule has 0 bridgehead atoms. The van der Waals surface area contributed by atoms with Crippen molar-refractivity contribution in [3.8, 4) is 5.75 Å². The second-order valence-electron chi connectivity index (χ2n) is 6.50. The molecule has 8 nitrogen and oxygen atoms in total. The van der Waals surface area contributed by atoms with Crippen LogP contribution in [0, 0.1) is 5.82 Å². The van der Waals surface area contributed by atoms with Gasteiger partial charge in [0.05, 0.1) is 14.2 Å². The van der Waals surface area contributed by atoms with Crippen molar-refractivity contribution >= 4 is 18.0 Å². The van der Waals surface area contributed by atoms with Crippen LogP contribution < -0.4 is 15.4 Å². The topological polar surface area (TPSA) is 103 Å². The second-order valence-corrected chi connectivity index (χ2v) is 6.50. The van der Waals surface area contributed by atoms with E-state index in [1.54, 1.807) is 31.2 Å². The second kappa shape index (κ2) is 11.5. The summed E-state index contributed by atoms with van der Waals surface area (Å²) in [5.74, 6) is -1.98. The van der Waals surface area contributed by atoms with Gasteiger partial charge in [-0.2, -0.15) is 0 Å². The van der Waals surface area contributed by atoms with Gasteiger partial charge in [-0.1, -0.05) is 37.3 Å². The number of hydrogen-bond acceptors (Lipinski definition) is 6. The average molecular weight is 432 g/mol. The summed E-state index contributed by atoms with van der Waals surface area (Å²) < 4.78 is 28.9. The number of benzene rings is 2. The van der Waals surface area contributed by atoms with Gasteiger partial charge in [-0.25, -0.2) is 14.0 Å². The molecule has 0 heterocycles. The molecule has 0 spiro atoms. The molecule has 2 amide bonds. The van der Waals surface area contributed by atoms with Gasteiger partial charge in [-0.15, -0.1) is 0 Å². The predicted octanol–water partition coefficient (Wildman–Crippen LogP) is 2.59. The number of carbonyl (C=O) groups is 3. The summed E-state index contributed by atoms with van der Waals surface area (Å²) in [4.78, 5) is 36.5. The molecule has 0 radical (unpaired) electrons. The van der Waals surface area contributed by atoms with E-state index in [-0.39, 0.29) is 24.5 Å². The van der Waals surface area contributed by atoms with Crippen LogP contribution in [0.1, 0.15) is 28.4 Å². The monoisotopic (exact) mass is 432 g/mol. The van der Waals surface area contributed by atoms with Gasteiger partial charge in [0.15, 0.2) is 11.6 Å². The van der Waals surface area contributed by atoms with Crippen LogP contribution in [0.25, 0.3) is 0 Å². The van der Waals surface area contributed by atoms with Gasteiger partial charge in [0.25, 0.3) is 5.91 Å². The van der Waals surface area contributed by atoms with Crippen molar-refractivity contribution in [2.45, 2.75) is 26.0 Å². The van der Waals surface area contributed by atoms with E-state index in [1.165, 1.54) is 13.2 Å². The van der Waals surface area contributed by atoms with Crippen molar-refractivity contribution in [1.82, 2.24) is 10.6 Å². The Morgan fingerprint density at radius 2 is 1.81 bits per heavy atom. The van der Waals surface area contributed by atoms with Crippen molar-refractivity contribution in [2.24, 2.45) is 0 Å². The van der Waals surface area contributed by atoms with Crippen molar-refractivity contribution in [3.05, 3.63) is 65.0 Å². The Kier molecular flexibility index (Phi) is 8.80. The third kappa shape index (κ3) is 6.70. The minimum atomic E-state index is -1.19. The van der Waals surface area contributed by atoms with Crippen LogP contribution in [0.2, 0.25) is 0 Å². The molecular formula is C22H25FN2O6. The SMILES string of the molecule is CCc1cc(C(=O)NC[C@@H](NC(=O)OCc2ccccc2)C(=O)OC)cc(F)c1OC. The largest absolute Gasteiger partial charge is 0.493 e. The molecule has 9 heteroatoms. The number of carbonyl (C=O) groups excluding carboxylic acids is 3. The van der Waals surface area contributed by atoms with E-state index in [1.807, 2.05) is 6.07 Å². The normalized spacial score (nSPS) is 11.2. The summed E-state index contributed by atoms with van der Waals surface area (Å²) >= 11 is 0. The number of rotatable bonds is 9. The number of ether oxygens (including phenoxy) is 3. The summed E-state index contributed by atoms with van der Waals surface area (Å²) in [6, 6.07) is 10.4. The highest BCUT2D eigenvalue weighted by atomic mass is 19.1. The Hall–Kier alpha value is -3.62. The minimum Gasteiger partial charge on any atom is -0.493 e. The molecule has 2 N–H and O–H groups in total. The third-order valence-corrected chi connectivity index (χ3v) is 4.43. The standard InChI is InChI=1S/C22H25FN2O6/c1-4-15-10-16(11-17(23)19(15)29-2)20(26)24-12-18(21(27)30-3)25-22(28)31-13-14-8-6-5-7-9-14/h5-11,18H,4,12-13H2,1-3H3,(H,24,26)(H,25,28)/t18-/m1/s1. The lowest BCUT2D eigenvalue weighted by atomic mass is 10.1. The van der Waals surface area contributed by atoms with Crippen molar-refractivity contribution in [2.75, 3.05) is 20.8 Å². The molecule has 2 aromatic carbocycles. The molecule has 0 aliphatic rings. The highest BCUT2D eigenvalue weighted by Crippen LogP contribution is 2.25. The van der Waals surface area contributed by atoms with Crippen molar-refractivity contribution < 1.29 is 33.0 Å². The van der Waals surface area contributed by atoms with E-state index < -0.39 is 29.8 Å². The van der Waals surface area contributed by atoms with Crippen LogP contribution in [-0.2, 0) is 27.3 Å². The molecule has 0 saturated carbocycles. The summed E-state index contributed by atoms with van der Waals surface area (Å²) in [5, 5.41) is 4.84. The maximum Gasteiger partial charge on any atom is 0.408 e. The number of alkyl carbamates (subject to hydrolysis) is 1. The van der Waals surface area contributed by atoms with Crippen LogP contribution in [0.5, 0.6) is 5.75 Å². The van der Waals surface area contributed by atoms with Gasteiger partial charge >= 0.3 is 12.1 Å². The molecule has 0 aliphatic heterocycles. The van der Waals surface area contributed by atoms with Crippen LogP contribution in [0.15, 0.2) is 42.5 Å². The van der Waals surface area contributed by atoms with Gasteiger partial charge in [-0.3, -0.25) is 4.79 Å². The maximum absolute atomic E-state index is 14.2. The van der Waals surface area contributed by atoms with Crippen LogP contribution in [0.4, 0.5) is 9.18 Å². The maximum atomic E-state index is 14.2. The molecule has 2 aromatic rings. The molecule has 0 aliphatic carbocycles. The number of hydrogen-bond donors (Lipinski definition) is 2. The Labute approximate surface area is 179 Å². The van der Waals surface area contributed by atoms with Crippen LogP contribution in [-0.4, -0.2) is 44.8 Å².